The number of rotatable bonds is 8. The Labute approximate surface area is 222 Å². The van der Waals surface area contributed by atoms with Crippen molar-refractivity contribution in [2.45, 2.75) is 89.9 Å². The molecule has 2 heterocycles. The Morgan fingerprint density at radius 2 is 1.82 bits per heavy atom. The summed E-state index contributed by atoms with van der Waals surface area (Å²) < 4.78 is 65.8. The number of aromatic amines is 1. The molecule has 0 unspecified atom stereocenters. The van der Waals surface area contributed by atoms with Gasteiger partial charge in [-0.3, -0.25) is 9.59 Å². The summed E-state index contributed by atoms with van der Waals surface area (Å²) >= 11 is 0. The molecule has 1 fully saturated rings. The molecule has 0 spiro atoms. The summed E-state index contributed by atoms with van der Waals surface area (Å²) in [6.45, 7) is 4.07. The van der Waals surface area contributed by atoms with Gasteiger partial charge in [-0.1, -0.05) is 31.5 Å². The minimum Gasteiger partial charge on any atom is -0.364 e. The molecule has 1 aliphatic rings. The first kappa shape index (κ1) is 30.0. The van der Waals surface area contributed by atoms with Crippen molar-refractivity contribution < 1.29 is 36.1 Å². The average molecular weight is 558 g/mol. The number of nitrogens with one attached hydrogen (secondary N) is 3. The van der Waals surface area contributed by atoms with Crippen molar-refractivity contribution in [3.05, 3.63) is 47.1 Å². The monoisotopic (exact) mass is 557 g/mol. The van der Waals surface area contributed by atoms with Crippen LogP contribution in [0.3, 0.4) is 0 Å². The topological polar surface area (TPSA) is 113 Å². The molecule has 0 bridgehead atoms. The zero-order valence-electron chi connectivity index (χ0n) is 21.8. The lowest BCUT2D eigenvalue weighted by atomic mass is 9.97. The standard InChI is InChI=1S/C20H22F3N5O3.C6H10F2/c1-11(2)18-13(10-31-28-18)19(30)25-9-16-26-14-4-3-12(7-15(14)27-16)8-24-17(29)5-6-20(21,22)23;7-6(8)4-2-1-3-5-6/h3-4,7,10-11H,5-6,8-9H2,1-2H3,(H,24,29)(H,25,30)(H,26,27);1-5H2. The first-order valence-corrected chi connectivity index (χ1v) is 12.7. The van der Waals surface area contributed by atoms with Crippen LogP contribution >= 0.6 is 0 Å². The fourth-order valence-corrected chi connectivity index (χ4v) is 4.01. The lowest BCUT2D eigenvalue weighted by molar-refractivity contribution is -0.144. The summed E-state index contributed by atoms with van der Waals surface area (Å²) in [7, 11) is 0. The Balaban J connectivity index is 0.000000449. The maximum absolute atomic E-state index is 12.4. The SMILES string of the molecule is CC(C)c1nocc1C(=O)NCc1nc2ccc(CNC(=O)CCC(F)(F)F)cc2[nH]1.FC1(F)CCCCC1. The third-order valence-electron chi connectivity index (χ3n) is 6.11. The van der Waals surface area contributed by atoms with E-state index >= 15 is 0 Å². The number of carbonyl (C=O) groups excluding carboxylic acids is 2. The number of imidazole rings is 1. The summed E-state index contributed by atoms with van der Waals surface area (Å²) in [5.74, 6) is -2.75. The molecular formula is C26H32F5N5O3. The van der Waals surface area contributed by atoms with E-state index in [9.17, 15) is 31.5 Å². The third-order valence-corrected chi connectivity index (χ3v) is 6.11. The molecule has 214 valence electrons. The largest absolute Gasteiger partial charge is 0.389 e. The predicted octanol–water partition coefficient (Wildman–Crippen LogP) is 6.15. The van der Waals surface area contributed by atoms with Gasteiger partial charge in [0.1, 0.15) is 17.7 Å². The molecular weight excluding hydrogens is 525 g/mol. The van der Waals surface area contributed by atoms with Gasteiger partial charge in [-0.15, -0.1) is 0 Å². The number of H-pyrrole nitrogens is 1. The van der Waals surface area contributed by atoms with E-state index in [4.69, 9.17) is 4.52 Å². The highest BCUT2D eigenvalue weighted by Crippen LogP contribution is 2.32. The van der Waals surface area contributed by atoms with Gasteiger partial charge in [0.2, 0.25) is 11.8 Å². The zero-order chi connectivity index (χ0) is 28.6. The second kappa shape index (κ2) is 13.0. The maximum atomic E-state index is 12.4. The molecule has 1 aliphatic carbocycles. The van der Waals surface area contributed by atoms with Gasteiger partial charge in [-0.25, -0.2) is 13.8 Å². The number of nitrogens with zero attached hydrogens (tertiary/aromatic N) is 2. The quantitative estimate of drug-likeness (QED) is 0.288. The number of fused-ring (bicyclic) bond motifs is 1. The number of halogens is 5. The van der Waals surface area contributed by atoms with Crippen molar-refractivity contribution in [3.8, 4) is 0 Å². The lowest BCUT2D eigenvalue weighted by Gasteiger charge is -2.20. The van der Waals surface area contributed by atoms with Gasteiger partial charge < -0.3 is 20.1 Å². The third kappa shape index (κ3) is 9.63. The highest BCUT2D eigenvalue weighted by atomic mass is 19.4. The van der Waals surface area contributed by atoms with Gasteiger partial charge in [-0.05, 0) is 36.5 Å². The first-order valence-electron chi connectivity index (χ1n) is 12.7. The molecule has 8 nitrogen and oxygen atoms in total. The Hall–Kier alpha value is -3.51. The second-order valence-electron chi connectivity index (χ2n) is 9.79. The van der Waals surface area contributed by atoms with Crippen molar-refractivity contribution in [2.75, 3.05) is 0 Å². The zero-order valence-corrected chi connectivity index (χ0v) is 21.8. The van der Waals surface area contributed by atoms with Crippen LogP contribution < -0.4 is 10.6 Å². The Kier molecular flexibility index (Phi) is 10.0. The van der Waals surface area contributed by atoms with E-state index in [0.29, 0.717) is 46.5 Å². The van der Waals surface area contributed by atoms with Gasteiger partial charge in [0, 0.05) is 25.8 Å². The Morgan fingerprint density at radius 1 is 1.10 bits per heavy atom. The van der Waals surface area contributed by atoms with Crippen LogP contribution in [0.1, 0.15) is 92.2 Å². The van der Waals surface area contributed by atoms with Gasteiger partial charge in [0.25, 0.3) is 5.91 Å². The molecule has 0 aliphatic heterocycles. The van der Waals surface area contributed by atoms with Crippen LogP contribution in [0.2, 0.25) is 0 Å². The van der Waals surface area contributed by atoms with E-state index in [1.165, 1.54) is 6.26 Å². The molecule has 3 aromatic rings. The number of carbonyl (C=O) groups is 2. The normalized spacial score (nSPS) is 15.1. The van der Waals surface area contributed by atoms with Crippen molar-refractivity contribution in [1.82, 2.24) is 25.8 Å². The van der Waals surface area contributed by atoms with E-state index in [2.05, 4.69) is 25.8 Å². The summed E-state index contributed by atoms with van der Waals surface area (Å²) in [5.41, 5.74) is 2.99. The fraction of sp³-hybridized carbons (Fsp3) is 0.538. The van der Waals surface area contributed by atoms with Gasteiger partial charge >= 0.3 is 6.18 Å². The van der Waals surface area contributed by atoms with Gasteiger partial charge in [-0.2, -0.15) is 13.2 Å². The van der Waals surface area contributed by atoms with Crippen molar-refractivity contribution >= 4 is 22.8 Å². The highest BCUT2D eigenvalue weighted by Gasteiger charge is 2.30. The number of alkyl halides is 5. The number of amides is 2. The minimum atomic E-state index is -4.36. The Morgan fingerprint density at radius 3 is 2.44 bits per heavy atom. The summed E-state index contributed by atoms with van der Waals surface area (Å²) in [4.78, 5) is 31.4. The first-order chi connectivity index (χ1) is 18.3. The molecule has 1 aromatic carbocycles. The molecule has 3 N–H and O–H groups in total. The van der Waals surface area contributed by atoms with Crippen LogP contribution in [0.4, 0.5) is 22.0 Å². The van der Waals surface area contributed by atoms with E-state index in [-0.39, 0.29) is 37.8 Å². The summed E-state index contributed by atoms with van der Waals surface area (Å²) in [6, 6.07) is 5.20. The number of aromatic nitrogens is 3. The molecule has 2 amide bonds. The van der Waals surface area contributed by atoms with Gasteiger partial charge in [0.05, 0.1) is 29.7 Å². The predicted molar refractivity (Wildman–Crippen MR) is 133 cm³/mol. The van der Waals surface area contributed by atoms with Crippen LogP contribution in [-0.4, -0.2) is 39.0 Å². The van der Waals surface area contributed by atoms with E-state index < -0.39 is 30.8 Å². The summed E-state index contributed by atoms with van der Waals surface area (Å²) in [6.07, 6.45) is -2.15. The number of benzene rings is 1. The van der Waals surface area contributed by atoms with Crippen molar-refractivity contribution in [2.24, 2.45) is 0 Å². The van der Waals surface area contributed by atoms with Crippen LogP contribution in [0, 0.1) is 0 Å². The molecule has 2 aromatic heterocycles. The minimum absolute atomic E-state index is 0.0399. The lowest BCUT2D eigenvalue weighted by Crippen LogP contribution is -2.24. The second-order valence-corrected chi connectivity index (χ2v) is 9.79. The molecule has 0 atom stereocenters. The van der Waals surface area contributed by atoms with Crippen LogP contribution in [0.25, 0.3) is 11.0 Å². The molecule has 1 saturated carbocycles. The fourth-order valence-electron chi connectivity index (χ4n) is 4.01. The number of hydrogen-bond acceptors (Lipinski definition) is 5. The highest BCUT2D eigenvalue weighted by molar-refractivity contribution is 5.95. The molecule has 4 rings (SSSR count). The van der Waals surface area contributed by atoms with Crippen LogP contribution in [0.5, 0.6) is 0 Å². The number of hydrogen-bond donors (Lipinski definition) is 3. The van der Waals surface area contributed by atoms with E-state index in [0.717, 1.165) is 6.42 Å². The van der Waals surface area contributed by atoms with Crippen molar-refractivity contribution in [3.63, 3.8) is 0 Å². The average Bonchev–Trinajstić information content (AvgIpc) is 3.51. The molecule has 39 heavy (non-hydrogen) atoms. The molecule has 0 saturated heterocycles. The van der Waals surface area contributed by atoms with Gasteiger partial charge in [0.15, 0.2) is 0 Å². The molecule has 13 heteroatoms. The Bertz CT molecular complexity index is 1240. The van der Waals surface area contributed by atoms with Crippen LogP contribution in [0.15, 0.2) is 29.0 Å². The molecule has 0 radical (unpaired) electrons. The van der Waals surface area contributed by atoms with Crippen molar-refractivity contribution in [1.29, 1.82) is 0 Å². The smallest absolute Gasteiger partial charge is 0.364 e. The summed E-state index contributed by atoms with van der Waals surface area (Å²) in [5, 5.41) is 9.07. The van der Waals surface area contributed by atoms with E-state index in [1.54, 1.807) is 18.2 Å². The maximum Gasteiger partial charge on any atom is 0.389 e. The van der Waals surface area contributed by atoms with E-state index in [1.807, 2.05) is 13.8 Å². The van der Waals surface area contributed by atoms with Crippen LogP contribution in [-0.2, 0) is 17.9 Å².